The summed E-state index contributed by atoms with van der Waals surface area (Å²) < 4.78 is 6.61. The fourth-order valence-electron chi connectivity index (χ4n) is 1.17. The van der Waals surface area contributed by atoms with Gasteiger partial charge < -0.3 is 15.8 Å². The van der Waals surface area contributed by atoms with E-state index in [0.717, 1.165) is 0 Å². The minimum absolute atomic E-state index is 0.260. The van der Waals surface area contributed by atoms with Gasteiger partial charge in [0.2, 0.25) is 0 Å². The van der Waals surface area contributed by atoms with Gasteiger partial charge in [-0.15, -0.1) is 0 Å². The van der Waals surface area contributed by atoms with E-state index in [1.165, 1.54) is 11.8 Å². The lowest BCUT2D eigenvalue weighted by Crippen LogP contribution is -2.39. The zero-order valence-electron chi connectivity index (χ0n) is 10.3. The van der Waals surface area contributed by atoms with Crippen molar-refractivity contribution in [3.05, 3.63) is 5.69 Å². The van der Waals surface area contributed by atoms with Gasteiger partial charge in [0.05, 0.1) is 11.4 Å². The number of nitrogen functional groups attached to an aromatic ring is 1. The Morgan fingerprint density at radius 3 is 2.50 bits per heavy atom. The minimum Gasteiger partial charge on any atom is -0.394 e. The van der Waals surface area contributed by atoms with Crippen molar-refractivity contribution >= 4 is 17.4 Å². The number of hydrogen-bond acceptors (Lipinski definition) is 4. The first-order valence-corrected chi connectivity index (χ1v) is 4.95. The second kappa shape index (κ2) is 4.13. The second-order valence-electron chi connectivity index (χ2n) is 4.14. The Bertz CT molecular complexity index is 409. The van der Waals surface area contributed by atoms with Crippen LogP contribution < -0.4 is 11.1 Å². The summed E-state index contributed by atoms with van der Waals surface area (Å²) in [5.41, 5.74) is 6.06. The largest absolute Gasteiger partial charge is 0.394 e. The van der Waals surface area contributed by atoms with Gasteiger partial charge in [0.1, 0.15) is 5.60 Å². The molecule has 0 aliphatic heterocycles. The van der Waals surface area contributed by atoms with Crippen molar-refractivity contribution in [1.29, 1.82) is 0 Å². The van der Waals surface area contributed by atoms with Gasteiger partial charge in [-0.1, -0.05) is 0 Å². The summed E-state index contributed by atoms with van der Waals surface area (Å²) in [6.45, 7) is 5.15. The molecule has 0 aliphatic carbocycles. The zero-order chi connectivity index (χ0) is 12.5. The number of carbonyl (C=O) groups excluding carboxylic acids is 1. The third kappa shape index (κ3) is 2.16. The number of methoxy groups -OCH3 is 1. The summed E-state index contributed by atoms with van der Waals surface area (Å²) in [6.07, 6.45) is 0. The van der Waals surface area contributed by atoms with Crippen LogP contribution in [0.1, 0.15) is 19.5 Å². The third-order valence-electron chi connectivity index (χ3n) is 2.56. The van der Waals surface area contributed by atoms with Crippen LogP contribution in [-0.2, 0) is 16.6 Å². The number of nitrogens with zero attached hydrogens (tertiary/aromatic N) is 2. The van der Waals surface area contributed by atoms with E-state index in [4.69, 9.17) is 10.5 Å². The number of ether oxygens (including phenoxy) is 1. The highest BCUT2D eigenvalue weighted by Crippen LogP contribution is 2.22. The molecule has 1 amide bonds. The number of anilines is 2. The quantitative estimate of drug-likeness (QED) is 0.793. The molecule has 0 spiro atoms. The Kier molecular flexibility index (Phi) is 3.23. The Labute approximate surface area is 94.8 Å². The van der Waals surface area contributed by atoms with Crippen LogP contribution in [0, 0.1) is 6.92 Å². The Hall–Kier alpha value is -1.56. The molecular formula is C10H18N4O2. The normalized spacial score (nSPS) is 11.6. The molecule has 90 valence electrons. The molecule has 0 bridgehead atoms. The first-order valence-electron chi connectivity index (χ1n) is 4.95. The Morgan fingerprint density at radius 1 is 1.56 bits per heavy atom. The van der Waals surface area contributed by atoms with E-state index in [1.54, 1.807) is 27.8 Å². The fourth-order valence-corrected chi connectivity index (χ4v) is 1.17. The highest BCUT2D eigenvalue weighted by Gasteiger charge is 2.28. The van der Waals surface area contributed by atoms with Gasteiger partial charge in [0, 0.05) is 14.2 Å². The fraction of sp³-hybridized carbons (Fsp3) is 0.600. The number of nitrogens with two attached hydrogens (primary N) is 1. The standard InChI is InChI=1S/C10H18N4O2/c1-6-7(11)8(14(4)13-6)12-9(15)10(2,3)16-5/h11H2,1-5H3,(H,12,15). The predicted molar refractivity (Wildman–Crippen MR) is 62.1 cm³/mol. The maximum Gasteiger partial charge on any atom is 0.257 e. The summed E-state index contributed by atoms with van der Waals surface area (Å²) in [7, 11) is 3.20. The van der Waals surface area contributed by atoms with E-state index in [0.29, 0.717) is 17.2 Å². The predicted octanol–water partition coefficient (Wildman–Crippen LogP) is 0.674. The smallest absolute Gasteiger partial charge is 0.257 e. The molecule has 0 fully saturated rings. The summed E-state index contributed by atoms with van der Waals surface area (Å²) in [4.78, 5) is 11.8. The van der Waals surface area contributed by atoms with Crippen LogP contribution in [0.5, 0.6) is 0 Å². The molecule has 6 nitrogen and oxygen atoms in total. The van der Waals surface area contributed by atoms with Crippen LogP contribution in [-0.4, -0.2) is 28.4 Å². The summed E-state index contributed by atoms with van der Waals surface area (Å²) in [6, 6.07) is 0. The topological polar surface area (TPSA) is 82.2 Å². The van der Waals surface area contributed by atoms with E-state index >= 15 is 0 Å². The molecule has 1 aromatic rings. The molecule has 1 rings (SSSR count). The molecule has 0 saturated heterocycles. The number of aryl methyl sites for hydroxylation is 2. The lowest BCUT2D eigenvalue weighted by Gasteiger charge is -2.21. The highest BCUT2D eigenvalue weighted by molar-refractivity contribution is 5.98. The molecule has 3 N–H and O–H groups in total. The maximum atomic E-state index is 11.8. The molecule has 0 aromatic carbocycles. The maximum absolute atomic E-state index is 11.8. The second-order valence-corrected chi connectivity index (χ2v) is 4.14. The van der Waals surface area contributed by atoms with Gasteiger partial charge in [0.25, 0.3) is 5.91 Å². The molecule has 6 heteroatoms. The number of rotatable bonds is 3. The van der Waals surface area contributed by atoms with Crippen LogP contribution in [0.25, 0.3) is 0 Å². The molecule has 0 unspecified atom stereocenters. The molecule has 0 atom stereocenters. The van der Waals surface area contributed by atoms with Crippen molar-refractivity contribution in [3.8, 4) is 0 Å². The average molecular weight is 226 g/mol. The van der Waals surface area contributed by atoms with E-state index in [-0.39, 0.29) is 5.91 Å². The summed E-state index contributed by atoms with van der Waals surface area (Å²) in [5.74, 6) is 0.234. The van der Waals surface area contributed by atoms with E-state index in [1.807, 2.05) is 0 Å². The molecule has 0 aliphatic rings. The Morgan fingerprint density at radius 2 is 2.12 bits per heavy atom. The van der Waals surface area contributed by atoms with Crippen LogP contribution in [0.3, 0.4) is 0 Å². The van der Waals surface area contributed by atoms with Crippen LogP contribution in [0.15, 0.2) is 0 Å². The zero-order valence-corrected chi connectivity index (χ0v) is 10.3. The lowest BCUT2D eigenvalue weighted by atomic mass is 10.1. The number of carbonyl (C=O) groups is 1. The number of amides is 1. The Balaban J connectivity index is 2.94. The van der Waals surface area contributed by atoms with Gasteiger partial charge >= 0.3 is 0 Å². The SMILES string of the molecule is COC(C)(C)C(=O)Nc1c(N)c(C)nn1C. The van der Waals surface area contributed by atoms with Crippen molar-refractivity contribution in [2.24, 2.45) is 7.05 Å². The molecule has 1 heterocycles. The van der Waals surface area contributed by atoms with E-state index in [2.05, 4.69) is 10.4 Å². The van der Waals surface area contributed by atoms with Gasteiger partial charge in [-0.3, -0.25) is 9.48 Å². The lowest BCUT2D eigenvalue weighted by molar-refractivity contribution is -0.133. The van der Waals surface area contributed by atoms with Crippen LogP contribution >= 0.6 is 0 Å². The monoisotopic (exact) mass is 226 g/mol. The van der Waals surface area contributed by atoms with E-state index in [9.17, 15) is 4.79 Å². The van der Waals surface area contributed by atoms with Crippen LogP contribution in [0.2, 0.25) is 0 Å². The van der Waals surface area contributed by atoms with Gasteiger partial charge in [-0.25, -0.2) is 0 Å². The van der Waals surface area contributed by atoms with Gasteiger partial charge in [-0.05, 0) is 20.8 Å². The summed E-state index contributed by atoms with van der Waals surface area (Å²) >= 11 is 0. The number of hydrogen-bond donors (Lipinski definition) is 2. The van der Waals surface area contributed by atoms with Crippen LogP contribution in [0.4, 0.5) is 11.5 Å². The summed E-state index contributed by atoms with van der Waals surface area (Å²) in [5, 5.41) is 6.81. The first kappa shape index (κ1) is 12.5. The van der Waals surface area contributed by atoms with Gasteiger partial charge in [-0.2, -0.15) is 5.10 Å². The van der Waals surface area contributed by atoms with Crippen molar-refractivity contribution in [2.45, 2.75) is 26.4 Å². The van der Waals surface area contributed by atoms with Gasteiger partial charge in [0.15, 0.2) is 5.82 Å². The third-order valence-corrected chi connectivity index (χ3v) is 2.56. The number of nitrogens with one attached hydrogen (secondary N) is 1. The van der Waals surface area contributed by atoms with E-state index < -0.39 is 5.60 Å². The molecule has 0 saturated carbocycles. The molecule has 16 heavy (non-hydrogen) atoms. The molecule has 1 aromatic heterocycles. The van der Waals surface area contributed by atoms with Crippen molar-refractivity contribution in [1.82, 2.24) is 9.78 Å². The van der Waals surface area contributed by atoms with Crippen molar-refractivity contribution in [3.63, 3.8) is 0 Å². The molecular weight excluding hydrogens is 208 g/mol. The minimum atomic E-state index is -0.898. The first-order chi connectivity index (χ1) is 7.29. The number of aromatic nitrogens is 2. The molecule has 0 radical (unpaired) electrons. The van der Waals surface area contributed by atoms with Crippen molar-refractivity contribution in [2.75, 3.05) is 18.2 Å². The highest BCUT2D eigenvalue weighted by atomic mass is 16.5. The van der Waals surface area contributed by atoms with Crippen molar-refractivity contribution < 1.29 is 9.53 Å². The average Bonchev–Trinajstić information content (AvgIpc) is 2.45.